The molecular weight excluding hydrogens is 286 g/mol. The SMILES string of the molecule is COc1ccc2c(c1OCC(O)CN(C)C)COC(C)C2=O. The molecule has 0 aliphatic carbocycles. The molecule has 2 unspecified atom stereocenters. The molecule has 0 saturated heterocycles. The van der Waals surface area contributed by atoms with Gasteiger partial charge in [0.15, 0.2) is 17.3 Å². The first kappa shape index (κ1) is 16.7. The van der Waals surface area contributed by atoms with Crippen LogP contribution in [0.2, 0.25) is 0 Å². The number of Topliss-reactive ketones (excluding diaryl/α,β-unsaturated/α-hetero) is 1. The third-order valence-corrected chi connectivity index (χ3v) is 3.55. The van der Waals surface area contributed by atoms with Gasteiger partial charge in [-0.15, -0.1) is 0 Å². The van der Waals surface area contributed by atoms with Gasteiger partial charge in [0.25, 0.3) is 0 Å². The Morgan fingerprint density at radius 3 is 2.82 bits per heavy atom. The highest BCUT2D eigenvalue weighted by Gasteiger charge is 2.29. The number of benzene rings is 1. The van der Waals surface area contributed by atoms with Crippen LogP contribution in [0.3, 0.4) is 0 Å². The Bertz CT molecular complexity index is 544. The number of ether oxygens (including phenoxy) is 3. The van der Waals surface area contributed by atoms with Crippen LogP contribution in [0.5, 0.6) is 11.5 Å². The molecule has 0 amide bonds. The molecule has 1 aromatic carbocycles. The second kappa shape index (κ2) is 7.09. The summed E-state index contributed by atoms with van der Waals surface area (Å²) < 4.78 is 16.5. The van der Waals surface area contributed by atoms with Crippen molar-refractivity contribution in [3.8, 4) is 11.5 Å². The molecule has 0 bridgehead atoms. The summed E-state index contributed by atoms with van der Waals surface area (Å²) in [5, 5.41) is 9.94. The van der Waals surface area contributed by atoms with Gasteiger partial charge in [0, 0.05) is 17.7 Å². The summed E-state index contributed by atoms with van der Waals surface area (Å²) in [6.07, 6.45) is -1.08. The van der Waals surface area contributed by atoms with Gasteiger partial charge in [-0.2, -0.15) is 0 Å². The van der Waals surface area contributed by atoms with Crippen LogP contribution in [0.25, 0.3) is 0 Å². The van der Waals surface area contributed by atoms with Crippen LogP contribution in [-0.4, -0.2) is 62.4 Å². The Hall–Kier alpha value is -1.63. The molecule has 0 aromatic heterocycles. The minimum atomic E-state index is -0.630. The standard InChI is InChI=1S/C16H23NO5/c1-10-15(19)12-5-6-14(20-4)16(13(12)9-21-10)22-8-11(18)7-17(2)3/h5-6,10-11,18H,7-9H2,1-4H3. The molecule has 0 fully saturated rings. The highest BCUT2D eigenvalue weighted by molar-refractivity contribution is 6.02. The lowest BCUT2D eigenvalue weighted by molar-refractivity contribution is 0.0313. The van der Waals surface area contributed by atoms with E-state index < -0.39 is 12.2 Å². The molecule has 2 atom stereocenters. The number of likely N-dealkylation sites (N-methyl/N-ethyl adjacent to an activating group) is 1. The third-order valence-electron chi connectivity index (χ3n) is 3.55. The molecule has 2 rings (SSSR count). The monoisotopic (exact) mass is 309 g/mol. The molecule has 22 heavy (non-hydrogen) atoms. The zero-order chi connectivity index (χ0) is 16.3. The van der Waals surface area contributed by atoms with E-state index in [2.05, 4.69) is 0 Å². The zero-order valence-electron chi connectivity index (χ0n) is 13.5. The van der Waals surface area contributed by atoms with Crippen molar-refractivity contribution in [2.45, 2.75) is 25.7 Å². The molecule has 6 nitrogen and oxygen atoms in total. The number of hydrogen-bond acceptors (Lipinski definition) is 6. The molecular formula is C16H23NO5. The first-order valence-electron chi connectivity index (χ1n) is 7.25. The van der Waals surface area contributed by atoms with Crippen molar-refractivity contribution in [3.63, 3.8) is 0 Å². The smallest absolute Gasteiger partial charge is 0.191 e. The van der Waals surface area contributed by atoms with Crippen molar-refractivity contribution in [1.82, 2.24) is 4.90 Å². The molecule has 0 spiro atoms. The molecule has 1 aliphatic rings. The number of aliphatic hydroxyl groups excluding tert-OH is 1. The van der Waals surface area contributed by atoms with Crippen molar-refractivity contribution >= 4 is 5.78 Å². The van der Waals surface area contributed by atoms with Gasteiger partial charge in [-0.3, -0.25) is 4.79 Å². The van der Waals surface area contributed by atoms with E-state index in [1.807, 2.05) is 19.0 Å². The maximum atomic E-state index is 12.2. The van der Waals surface area contributed by atoms with Crippen LogP contribution in [0.15, 0.2) is 12.1 Å². The van der Waals surface area contributed by atoms with E-state index in [-0.39, 0.29) is 12.4 Å². The number of methoxy groups -OCH3 is 1. The van der Waals surface area contributed by atoms with Gasteiger partial charge in [0.05, 0.1) is 13.7 Å². The number of hydrogen-bond donors (Lipinski definition) is 1. The third kappa shape index (κ3) is 3.58. The van der Waals surface area contributed by atoms with Crippen LogP contribution in [-0.2, 0) is 11.3 Å². The Balaban J connectivity index is 2.24. The summed E-state index contributed by atoms with van der Waals surface area (Å²) in [4.78, 5) is 14.0. The highest BCUT2D eigenvalue weighted by atomic mass is 16.5. The van der Waals surface area contributed by atoms with E-state index in [1.165, 1.54) is 0 Å². The fourth-order valence-corrected chi connectivity index (χ4v) is 2.46. The van der Waals surface area contributed by atoms with Gasteiger partial charge in [-0.05, 0) is 33.2 Å². The lowest BCUT2D eigenvalue weighted by Gasteiger charge is -2.25. The van der Waals surface area contributed by atoms with Gasteiger partial charge in [-0.25, -0.2) is 0 Å². The van der Waals surface area contributed by atoms with Crippen LogP contribution < -0.4 is 9.47 Å². The summed E-state index contributed by atoms with van der Waals surface area (Å²) in [6.45, 7) is 2.63. The number of carbonyl (C=O) groups excluding carboxylic acids is 1. The van der Waals surface area contributed by atoms with Crippen molar-refractivity contribution < 1.29 is 24.1 Å². The van der Waals surface area contributed by atoms with E-state index in [0.717, 1.165) is 0 Å². The topological polar surface area (TPSA) is 68.2 Å². The molecule has 6 heteroatoms. The molecule has 122 valence electrons. The predicted molar refractivity (Wildman–Crippen MR) is 81.6 cm³/mol. The first-order chi connectivity index (χ1) is 10.4. The molecule has 0 radical (unpaired) electrons. The molecule has 1 N–H and O–H groups in total. The van der Waals surface area contributed by atoms with Gasteiger partial charge < -0.3 is 24.2 Å². The largest absolute Gasteiger partial charge is 0.493 e. The summed E-state index contributed by atoms with van der Waals surface area (Å²) in [5.41, 5.74) is 1.27. The van der Waals surface area contributed by atoms with Crippen LogP contribution in [0.4, 0.5) is 0 Å². The Kier molecular flexibility index (Phi) is 5.39. The average Bonchev–Trinajstić information content (AvgIpc) is 2.47. The molecule has 1 aromatic rings. The predicted octanol–water partition coefficient (Wildman–Crippen LogP) is 1.10. The zero-order valence-corrected chi connectivity index (χ0v) is 13.5. The van der Waals surface area contributed by atoms with Crippen LogP contribution in [0.1, 0.15) is 22.8 Å². The Morgan fingerprint density at radius 1 is 1.45 bits per heavy atom. The van der Waals surface area contributed by atoms with Crippen molar-refractivity contribution in [1.29, 1.82) is 0 Å². The lowest BCUT2D eigenvalue weighted by atomic mass is 9.97. The Morgan fingerprint density at radius 2 is 2.18 bits per heavy atom. The molecule has 1 heterocycles. The van der Waals surface area contributed by atoms with E-state index in [4.69, 9.17) is 14.2 Å². The number of aliphatic hydroxyl groups is 1. The molecule has 1 aliphatic heterocycles. The second-order valence-corrected chi connectivity index (χ2v) is 5.67. The fourth-order valence-electron chi connectivity index (χ4n) is 2.46. The van der Waals surface area contributed by atoms with E-state index in [1.54, 1.807) is 26.2 Å². The maximum Gasteiger partial charge on any atom is 0.191 e. The number of carbonyl (C=O) groups is 1. The summed E-state index contributed by atoms with van der Waals surface area (Å²) in [7, 11) is 5.29. The van der Waals surface area contributed by atoms with Crippen LogP contribution >= 0.6 is 0 Å². The first-order valence-corrected chi connectivity index (χ1v) is 7.25. The quantitative estimate of drug-likeness (QED) is 0.848. The van der Waals surface area contributed by atoms with E-state index >= 15 is 0 Å². The highest BCUT2D eigenvalue weighted by Crippen LogP contribution is 2.37. The minimum absolute atomic E-state index is 0.0670. The number of nitrogens with zero attached hydrogens (tertiary/aromatic N) is 1. The summed E-state index contributed by atoms with van der Waals surface area (Å²) in [6, 6.07) is 3.45. The number of rotatable bonds is 6. The maximum absolute atomic E-state index is 12.2. The van der Waals surface area contributed by atoms with Crippen molar-refractivity contribution in [3.05, 3.63) is 23.3 Å². The second-order valence-electron chi connectivity index (χ2n) is 5.67. The average molecular weight is 309 g/mol. The summed E-state index contributed by atoms with van der Waals surface area (Å²) >= 11 is 0. The normalized spacial score (nSPS) is 19.0. The number of fused-ring (bicyclic) bond motifs is 1. The van der Waals surface area contributed by atoms with Gasteiger partial charge in [0.2, 0.25) is 0 Å². The minimum Gasteiger partial charge on any atom is -0.493 e. The van der Waals surface area contributed by atoms with Gasteiger partial charge >= 0.3 is 0 Å². The van der Waals surface area contributed by atoms with Crippen molar-refractivity contribution in [2.24, 2.45) is 0 Å². The van der Waals surface area contributed by atoms with E-state index in [9.17, 15) is 9.90 Å². The number of ketones is 1. The van der Waals surface area contributed by atoms with E-state index in [0.29, 0.717) is 35.8 Å². The molecule has 0 saturated carbocycles. The van der Waals surface area contributed by atoms with Crippen LogP contribution in [0, 0.1) is 0 Å². The fraction of sp³-hybridized carbons (Fsp3) is 0.562. The van der Waals surface area contributed by atoms with Gasteiger partial charge in [0.1, 0.15) is 18.8 Å². The Labute approximate surface area is 130 Å². The lowest BCUT2D eigenvalue weighted by Crippen LogP contribution is -2.31. The van der Waals surface area contributed by atoms with Crippen molar-refractivity contribution in [2.75, 3.05) is 34.4 Å². The van der Waals surface area contributed by atoms with Gasteiger partial charge in [-0.1, -0.05) is 0 Å². The summed E-state index contributed by atoms with van der Waals surface area (Å²) in [5.74, 6) is 0.933.